The Morgan fingerprint density at radius 3 is 2.60 bits per heavy atom. The third-order valence-electron chi connectivity index (χ3n) is 10.1. The number of aliphatic hydroxyl groups excluding tert-OH is 1. The maximum absolute atomic E-state index is 14.5. The van der Waals surface area contributed by atoms with Crippen LogP contribution in [0, 0.1) is 11.8 Å². The van der Waals surface area contributed by atoms with Gasteiger partial charge < -0.3 is 34.4 Å². The number of carbonyl (C=O) groups excluding carboxylic acids is 4. The largest absolute Gasteiger partial charge is 0.455 e. The van der Waals surface area contributed by atoms with Crippen molar-refractivity contribution < 1.29 is 38.5 Å². The minimum Gasteiger partial charge on any atom is -0.455 e. The molecule has 1 aromatic carbocycles. The zero-order valence-corrected chi connectivity index (χ0v) is 27.8. The summed E-state index contributed by atoms with van der Waals surface area (Å²) in [5, 5.41) is 12.3. The van der Waals surface area contributed by atoms with Crippen LogP contribution in [-0.2, 0) is 33.4 Å². The van der Waals surface area contributed by atoms with Crippen LogP contribution in [0.25, 0.3) is 0 Å². The van der Waals surface area contributed by atoms with E-state index in [1.807, 2.05) is 30.3 Å². The monoisotopic (exact) mass is 666 g/mol. The Bertz CT molecular complexity index is 1300. The number of rotatable bonds is 18. The first kappa shape index (κ1) is 35.7. The molecule has 2 N–H and O–H groups in total. The lowest BCUT2D eigenvalue weighted by atomic mass is 9.70. The van der Waals surface area contributed by atoms with Crippen LogP contribution in [0.1, 0.15) is 50.2 Å². The molecule has 48 heavy (non-hydrogen) atoms. The van der Waals surface area contributed by atoms with Crippen LogP contribution in [-0.4, -0.2) is 127 Å². The standard InChI is InChI=1S/C36H50N4O8/c1-3-5-13-29(42)37-25-28(26-11-7-6-8-12-26)47-35(45)30-27-14-15-36(48-27)31(30)33(43)40(17-9-10-22-41)32(36)34(44)39(16-4-2)19-18-38-20-23-46-24-21-38/h3-4,6-8,11-12,27-28,30-32,41H,1-2,5,9-10,13-25H2,(H,37,42)/t27-,28-,30+,31+,32-,36+/m0/s1. The molecule has 262 valence electrons. The maximum Gasteiger partial charge on any atom is 0.313 e. The van der Waals surface area contributed by atoms with Crippen molar-refractivity contribution in [2.24, 2.45) is 11.8 Å². The van der Waals surface area contributed by atoms with Crippen LogP contribution in [0.4, 0.5) is 0 Å². The summed E-state index contributed by atoms with van der Waals surface area (Å²) >= 11 is 0. The van der Waals surface area contributed by atoms with E-state index in [2.05, 4.69) is 23.4 Å². The summed E-state index contributed by atoms with van der Waals surface area (Å²) in [5.41, 5.74) is -0.452. The van der Waals surface area contributed by atoms with Crippen molar-refractivity contribution in [1.82, 2.24) is 20.0 Å². The van der Waals surface area contributed by atoms with Crippen LogP contribution in [0.5, 0.6) is 0 Å². The predicted molar refractivity (Wildman–Crippen MR) is 177 cm³/mol. The molecule has 1 spiro atoms. The number of unbranched alkanes of at least 4 members (excludes halogenated alkanes) is 1. The van der Waals surface area contributed by atoms with E-state index < -0.39 is 41.7 Å². The number of hydrogen-bond acceptors (Lipinski definition) is 9. The quantitative estimate of drug-likeness (QED) is 0.137. The molecule has 4 aliphatic rings. The van der Waals surface area contributed by atoms with E-state index in [4.69, 9.17) is 14.2 Å². The van der Waals surface area contributed by atoms with Crippen LogP contribution in [0.15, 0.2) is 55.6 Å². The second kappa shape index (κ2) is 16.7. The van der Waals surface area contributed by atoms with Crippen molar-refractivity contribution in [3.05, 3.63) is 61.2 Å². The Hall–Kier alpha value is -3.58. The Kier molecular flexibility index (Phi) is 12.4. The minimum atomic E-state index is -1.17. The summed E-state index contributed by atoms with van der Waals surface area (Å²) < 4.78 is 18.2. The summed E-state index contributed by atoms with van der Waals surface area (Å²) in [6, 6.07) is 8.28. The number of fused-ring (bicyclic) bond motifs is 1. The lowest BCUT2D eigenvalue weighted by molar-refractivity contribution is -0.160. The van der Waals surface area contributed by atoms with Gasteiger partial charge in [0, 0.05) is 52.3 Å². The average molecular weight is 667 g/mol. The number of benzene rings is 1. The number of amides is 3. The minimum absolute atomic E-state index is 0.0319. The molecule has 4 fully saturated rings. The van der Waals surface area contributed by atoms with Crippen molar-refractivity contribution in [1.29, 1.82) is 0 Å². The van der Waals surface area contributed by atoms with E-state index in [9.17, 15) is 24.3 Å². The summed E-state index contributed by atoms with van der Waals surface area (Å²) in [4.78, 5) is 61.0. The molecule has 5 rings (SSSR count). The van der Waals surface area contributed by atoms with E-state index >= 15 is 0 Å². The van der Waals surface area contributed by atoms with Gasteiger partial charge in [-0.1, -0.05) is 42.5 Å². The number of morpholine rings is 1. The van der Waals surface area contributed by atoms with E-state index in [-0.39, 0.29) is 43.8 Å². The van der Waals surface area contributed by atoms with Crippen molar-refractivity contribution in [3.8, 4) is 0 Å². The number of nitrogens with zero attached hydrogens (tertiary/aromatic N) is 3. The van der Waals surface area contributed by atoms with Crippen LogP contribution in [0.3, 0.4) is 0 Å². The fourth-order valence-electron chi connectivity index (χ4n) is 7.68. The number of likely N-dealkylation sites (tertiary alicyclic amines) is 1. The van der Waals surface area contributed by atoms with Crippen molar-refractivity contribution >= 4 is 23.7 Å². The van der Waals surface area contributed by atoms with Crippen molar-refractivity contribution in [3.63, 3.8) is 0 Å². The summed E-state index contributed by atoms with van der Waals surface area (Å²) in [6.45, 7) is 12.1. The molecule has 12 nitrogen and oxygen atoms in total. The van der Waals surface area contributed by atoms with Gasteiger partial charge in [-0.2, -0.15) is 0 Å². The van der Waals surface area contributed by atoms with Gasteiger partial charge in [-0.05, 0) is 37.7 Å². The number of hydrogen-bond donors (Lipinski definition) is 2. The summed E-state index contributed by atoms with van der Waals surface area (Å²) in [5.74, 6) is -3.05. The SMILES string of the molecule is C=CCCC(=O)NC[C@H](OC(=O)[C@@H]1[C@@H]2CC[C@]3(O2)[C@H](C(=O)N(CC=C)CCN2CCOCC2)N(CCCCO)C(=O)[C@@H]13)c1ccccc1. The first-order valence-corrected chi connectivity index (χ1v) is 17.3. The molecule has 3 amide bonds. The lowest BCUT2D eigenvalue weighted by Crippen LogP contribution is -2.57. The highest BCUT2D eigenvalue weighted by atomic mass is 16.6. The Morgan fingerprint density at radius 2 is 1.90 bits per heavy atom. The van der Waals surface area contributed by atoms with E-state index in [0.717, 1.165) is 13.1 Å². The van der Waals surface area contributed by atoms with Gasteiger partial charge >= 0.3 is 5.97 Å². The third kappa shape index (κ3) is 7.67. The zero-order valence-electron chi connectivity index (χ0n) is 27.8. The molecular weight excluding hydrogens is 616 g/mol. The van der Waals surface area contributed by atoms with Gasteiger partial charge in [-0.25, -0.2) is 0 Å². The molecule has 4 saturated heterocycles. The Labute approximate surface area is 283 Å². The van der Waals surface area contributed by atoms with Crippen molar-refractivity contribution in [2.75, 3.05) is 65.6 Å². The molecule has 0 saturated carbocycles. The van der Waals surface area contributed by atoms with Crippen molar-refractivity contribution in [2.45, 2.75) is 62.4 Å². The Morgan fingerprint density at radius 1 is 1.12 bits per heavy atom. The second-order valence-corrected chi connectivity index (χ2v) is 13.0. The molecule has 0 unspecified atom stereocenters. The molecule has 0 aliphatic carbocycles. The zero-order chi connectivity index (χ0) is 34.1. The van der Waals surface area contributed by atoms with E-state index in [0.29, 0.717) is 70.5 Å². The highest BCUT2D eigenvalue weighted by molar-refractivity contribution is 5.98. The normalized spacial score (nSPS) is 26.9. The van der Waals surface area contributed by atoms with Gasteiger partial charge in [-0.15, -0.1) is 13.2 Å². The number of carbonyl (C=O) groups is 4. The molecule has 6 atom stereocenters. The third-order valence-corrected chi connectivity index (χ3v) is 10.1. The van der Waals surface area contributed by atoms with E-state index in [1.165, 1.54) is 0 Å². The smallest absolute Gasteiger partial charge is 0.313 e. The summed E-state index contributed by atoms with van der Waals surface area (Å²) in [6.07, 6.45) is 4.77. The number of allylic oxidation sites excluding steroid dienone is 1. The maximum atomic E-state index is 14.5. The number of aliphatic hydroxyl groups is 1. The lowest BCUT2D eigenvalue weighted by Gasteiger charge is -2.37. The molecular formula is C36H50N4O8. The van der Waals surface area contributed by atoms with Gasteiger partial charge in [-0.3, -0.25) is 24.1 Å². The highest BCUT2D eigenvalue weighted by Crippen LogP contribution is 2.59. The van der Waals surface area contributed by atoms with Crippen LogP contribution < -0.4 is 5.32 Å². The number of nitrogens with one attached hydrogen (secondary N) is 1. The molecule has 0 aromatic heterocycles. The topological polar surface area (TPSA) is 138 Å². The fraction of sp³-hybridized carbons (Fsp3) is 0.611. The van der Waals surface area contributed by atoms with Gasteiger partial charge in [0.25, 0.3) is 0 Å². The van der Waals surface area contributed by atoms with E-state index in [1.54, 1.807) is 22.0 Å². The predicted octanol–water partition coefficient (Wildman–Crippen LogP) is 1.85. The van der Waals surface area contributed by atoms with Gasteiger partial charge in [0.15, 0.2) is 0 Å². The average Bonchev–Trinajstić information content (AvgIpc) is 3.75. The van der Waals surface area contributed by atoms with Gasteiger partial charge in [0.05, 0.1) is 37.7 Å². The van der Waals surface area contributed by atoms with Gasteiger partial charge in [0.2, 0.25) is 17.7 Å². The molecule has 0 radical (unpaired) electrons. The first-order valence-electron chi connectivity index (χ1n) is 17.3. The molecule has 4 aliphatic heterocycles. The number of esters is 1. The fourth-order valence-corrected chi connectivity index (χ4v) is 7.68. The van der Waals surface area contributed by atoms with Crippen LogP contribution >= 0.6 is 0 Å². The molecule has 12 heteroatoms. The molecule has 1 aromatic rings. The second-order valence-electron chi connectivity index (χ2n) is 13.0. The van der Waals surface area contributed by atoms with Crippen LogP contribution in [0.2, 0.25) is 0 Å². The summed E-state index contributed by atoms with van der Waals surface area (Å²) in [7, 11) is 0. The highest BCUT2D eigenvalue weighted by Gasteiger charge is 2.75. The van der Waals surface area contributed by atoms with Gasteiger partial charge in [0.1, 0.15) is 17.7 Å². The first-order chi connectivity index (χ1) is 23.3. The number of ether oxygens (including phenoxy) is 3. The molecule has 4 heterocycles. The Balaban J connectivity index is 1.38. The molecule has 2 bridgehead atoms.